The van der Waals surface area contributed by atoms with E-state index >= 15 is 0 Å². The van der Waals surface area contributed by atoms with Crippen LogP contribution < -0.4 is 5.32 Å². The molecule has 1 aliphatic rings. The molecule has 0 saturated carbocycles. The van der Waals surface area contributed by atoms with Crippen LogP contribution in [-0.2, 0) is 5.41 Å². The first-order valence-corrected chi connectivity index (χ1v) is 11.9. The molecule has 1 aliphatic carbocycles. The Morgan fingerprint density at radius 2 is 1.12 bits per heavy atom. The molecule has 0 unspecified atom stereocenters. The van der Waals surface area contributed by atoms with Gasteiger partial charge in [-0.2, -0.15) is 0 Å². The van der Waals surface area contributed by atoms with Gasteiger partial charge in [-0.25, -0.2) is 0 Å². The maximum absolute atomic E-state index is 3.74. The monoisotopic (exact) mass is 437 g/mol. The summed E-state index contributed by atoms with van der Waals surface area (Å²) in [6.45, 7) is 4.65. The predicted molar refractivity (Wildman–Crippen MR) is 145 cm³/mol. The Hall–Kier alpha value is -4.10. The maximum Gasteiger partial charge on any atom is 0.0464 e. The zero-order valence-electron chi connectivity index (χ0n) is 19.5. The lowest BCUT2D eigenvalue weighted by atomic mass is 9.82. The Morgan fingerprint density at radius 1 is 0.471 bits per heavy atom. The lowest BCUT2D eigenvalue weighted by Crippen LogP contribution is -2.15. The van der Waals surface area contributed by atoms with Gasteiger partial charge in [-0.1, -0.05) is 111 Å². The quantitative estimate of drug-likeness (QED) is 0.296. The van der Waals surface area contributed by atoms with Gasteiger partial charge in [0.25, 0.3) is 0 Å². The molecule has 0 amide bonds. The molecule has 0 saturated heterocycles. The molecule has 0 radical (unpaired) electrons. The molecule has 5 aromatic rings. The third-order valence-corrected chi connectivity index (χ3v) is 7.07. The van der Waals surface area contributed by atoms with Crippen molar-refractivity contribution in [2.45, 2.75) is 19.3 Å². The number of hydrogen-bond donors (Lipinski definition) is 1. The van der Waals surface area contributed by atoms with Gasteiger partial charge in [-0.05, 0) is 63.2 Å². The number of nitrogens with one attached hydrogen (secondary N) is 1. The maximum atomic E-state index is 3.74. The Labute approximate surface area is 201 Å². The highest BCUT2D eigenvalue weighted by Gasteiger charge is 2.35. The smallest absolute Gasteiger partial charge is 0.0464 e. The van der Waals surface area contributed by atoms with Gasteiger partial charge in [0.2, 0.25) is 0 Å². The molecule has 0 heterocycles. The molecule has 34 heavy (non-hydrogen) atoms. The third kappa shape index (κ3) is 3.41. The highest BCUT2D eigenvalue weighted by molar-refractivity contribution is 5.87. The highest BCUT2D eigenvalue weighted by Crippen LogP contribution is 2.49. The van der Waals surface area contributed by atoms with E-state index in [9.17, 15) is 0 Å². The SMILES string of the molecule is CC1(C)c2ccccc2-c2ccc(Nc3ccc(-c4ccccc4)cc3-c3ccccc3)cc21. The number of benzene rings is 5. The first-order chi connectivity index (χ1) is 16.6. The van der Waals surface area contributed by atoms with Crippen molar-refractivity contribution in [1.29, 1.82) is 0 Å². The van der Waals surface area contributed by atoms with E-state index in [0.29, 0.717) is 0 Å². The van der Waals surface area contributed by atoms with Crippen LogP contribution in [-0.4, -0.2) is 0 Å². The largest absolute Gasteiger partial charge is 0.355 e. The number of rotatable bonds is 4. The van der Waals surface area contributed by atoms with Crippen LogP contribution in [0.4, 0.5) is 11.4 Å². The fourth-order valence-corrected chi connectivity index (χ4v) is 5.26. The standard InChI is InChI=1S/C33H27N/c1-33(2)30-16-10-9-15-27(30)28-19-18-26(22-31(28)33)34-32-20-17-25(23-11-5-3-6-12-23)21-29(32)24-13-7-4-8-14-24/h3-22,34H,1-2H3. The second-order valence-corrected chi connectivity index (χ2v) is 9.55. The van der Waals surface area contributed by atoms with Crippen molar-refractivity contribution in [3.05, 3.63) is 132 Å². The van der Waals surface area contributed by atoms with Crippen LogP contribution in [0.2, 0.25) is 0 Å². The minimum atomic E-state index is -0.0109. The Kier molecular flexibility index (Phi) is 4.85. The number of fused-ring (bicyclic) bond motifs is 3. The molecule has 0 atom stereocenters. The van der Waals surface area contributed by atoms with Gasteiger partial charge in [0, 0.05) is 22.4 Å². The molecular weight excluding hydrogens is 410 g/mol. The molecule has 0 spiro atoms. The molecule has 1 heteroatoms. The van der Waals surface area contributed by atoms with Gasteiger partial charge >= 0.3 is 0 Å². The summed E-state index contributed by atoms with van der Waals surface area (Å²) < 4.78 is 0. The van der Waals surface area contributed by atoms with E-state index in [1.165, 1.54) is 44.5 Å². The lowest BCUT2D eigenvalue weighted by Gasteiger charge is -2.22. The minimum absolute atomic E-state index is 0.0109. The summed E-state index contributed by atoms with van der Waals surface area (Å²) in [4.78, 5) is 0. The summed E-state index contributed by atoms with van der Waals surface area (Å²) in [5, 5.41) is 3.74. The second-order valence-electron chi connectivity index (χ2n) is 9.55. The zero-order chi connectivity index (χ0) is 23.1. The van der Waals surface area contributed by atoms with Gasteiger partial charge in [-0.3, -0.25) is 0 Å². The van der Waals surface area contributed by atoms with Crippen molar-refractivity contribution in [3.63, 3.8) is 0 Å². The summed E-state index contributed by atoms with van der Waals surface area (Å²) in [6.07, 6.45) is 0. The van der Waals surface area contributed by atoms with Crippen LogP contribution in [0.3, 0.4) is 0 Å². The van der Waals surface area contributed by atoms with E-state index in [1.807, 2.05) is 0 Å². The Bertz CT molecular complexity index is 1480. The second kappa shape index (κ2) is 8.04. The Balaban J connectivity index is 1.43. The van der Waals surface area contributed by atoms with E-state index < -0.39 is 0 Å². The fraction of sp³-hybridized carbons (Fsp3) is 0.0909. The fourth-order valence-electron chi connectivity index (χ4n) is 5.26. The zero-order valence-corrected chi connectivity index (χ0v) is 19.5. The Morgan fingerprint density at radius 3 is 1.88 bits per heavy atom. The molecule has 1 N–H and O–H groups in total. The van der Waals surface area contributed by atoms with Crippen molar-refractivity contribution >= 4 is 11.4 Å². The average Bonchev–Trinajstić information content (AvgIpc) is 3.12. The van der Waals surface area contributed by atoms with Crippen molar-refractivity contribution in [3.8, 4) is 33.4 Å². The first-order valence-electron chi connectivity index (χ1n) is 11.9. The van der Waals surface area contributed by atoms with E-state index in [1.54, 1.807) is 0 Å². The van der Waals surface area contributed by atoms with Crippen molar-refractivity contribution in [2.75, 3.05) is 5.32 Å². The molecule has 164 valence electrons. The summed E-state index contributed by atoms with van der Waals surface area (Å²) >= 11 is 0. The lowest BCUT2D eigenvalue weighted by molar-refractivity contribution is 0.660. The van der Waals surface area contributed by atoms with Gasteiger partial charge in [0.05, 0.1) is 0 Å². The molecule has 0 bridgehead atoms. The van der Waals surface area contributed by atoms with Gasteiger partial charge in [-0.15, -0.1) is 0 Å². The van der Waals surface area contributed by atoms with Crippen molar-refractivity contribution in [2.24, 2.45) is 0 Å². The van der Waals surface area contributed by atoms with Crippen molar-refractivity contribution < 1.29 is 0 Å². The molecular formula is C33H27N. The molecule has 6 rings (SSSR count). The van der Waals surface area contributed by atoms with Crippen molar-refractivity contribution in [1.82, 2.24) is 0 Å². The van der Waals surface area contributed by atoms with E-state index in [4.69, 9.17) is 0 Å². The molecule has 1 nitrogen and oxygen atoms in total. The van der Waals surface area contributed by atoms with Crippen LogP contribution >= 0.6 is 0 Å². The molecule has 0 fully saturated rings. The topological polar surface area (TPSA) is 12.0 Å². The summed E-state index contributed by atoms with van der Waals surface area (Å²) in [6, 6.07) is 43.5. The van der Waals surface area contributed by atoms with Gasteiger partial charge in [0.1, 0.15) is 0 Å². The summed E-state index contributed by atoms with van der Waals surface area (Å²) in [5.74, 6) is 0. The third-order valence-electron chi connectivity index (χ3n) is 7.07. The average molecular weight is 438 g/mol. The van der Waals surface area contributed by atoms with Crippen LogP contribution in [0.5, 0.6) is 0 Å². The van der Waals surface area contributed by atoms with Crippen LogP contribution in [0.25, 0.3) is 33.4 Å². The summed E-state index contributed by atoms with van der Waals surface area (Å²) in [5.41, 5.74) is 12.5. The first kappa shape index (κ1) is 20.5. The number of hydrogen-bond acceptors (Lipinski definition) is 1. The minimum Gasteiger partial charge on any atom is -0.355 e. The predicted octanol–water partition coefficient (Wildman–Crippen LogP) is 9.07. The molecule has 0 aromatic heterocycles. The van der Waals surface area contributed by atoms with Crippen LogP contribution in [0, 0.1) is 0 Å². The van der Waals surface area contributed by atoms with Crippen LogP contribution in [0.15, 0.2) is 121 Å². The van der Waals surface area contributed by atoms with E-state index in [-0.39, 0.29) is 5.41 Å². The van der Waals surface area contributed by atoms with E-state index in [2.05, 4.69) is 140 Å². The highest BCUT2D eigenvalue weighted by atomic mass is 14.9. The van der Waals surface area contributed by atoms with Crippen LogP contribution in [0.1, 0.15) is 25.0 Å². The van der Waals surface area contributed by atoms with E-state index in [0.717, 1.165) is 11.4 Å². The van der Waals surface area contributed by atoms with Gasteiger partial charge < -0.3 is 5.32 Å². The summed E-state index contributed by atoms with van der Waals surface area (Å²) in [7, 11) is 0. The number of anilines is 2. The van der Waals surface area contributed by atoms with Gasteiger partial charge in [0.15, 0.2) is 0 Å². The molecule has 0 aliphatic heterocycles. The normalized spacial score (nSPS) is 13.2. The molecule has 5 aromatic carbocycles.